The molecular weight excluding hydrogens is 414 g/mol. The molecule has 174 valence electrons. The summed E-state index contributed by atoms with van der Waals surface area (Å²) in [5.41, 5.74) is 2.92. The molecule has 0 N–H and O–H groups in total. The Morgan fingerprint density at radius 1 is 1.18 bits per heavy atom. The summed E-state index contributed by atoms with van der Waals surface area (Å²) in [6.45, 7) is 7.31. The number of benzene rings is 1. The van der Waals surface area contributed by atoms with Crippen LogP contribution in [0.1, 0.15) is 74.8 Å². The lowest BCUT2D eigenvalue weighted by atomic mass is 9.85. The first kappa shape index (κ1) is 21.9. The minimum atomic E-state index is -0.0470. The molecule has 0 radical (unpaired) electrons. The van der Waals surface area contributed by atoms with Crippen LogP contribution in [0.25, 0.3) is 17.8 Å². The predicted molar refractivity (Wildman–Crippen MR) is 129 cm³/mol. The van der Waals surface area contributed by atoms with Crippen molar-refractivity contribution in [2.45, 2.75) is 77.0 Å². The molecule has 5 rings (SSSR count). The van der Waals surface area contributed by atoms with Crippen molar-refractivity contribution in [2.24, 2.45) is 0 Å². The molecule has 0 amide bonds. The number of nitrogens with zero attached hydrogens (tertiary/aromatic N) is 5. The predicted octanol–water partition coefficient (Wildman–Crippen LogP) is 5.18. The van der Waals surface area contributed by atoms with Crippen molar-refractivity contribution in [1.29, 1.82) is 0 Å². The van der Waals surface area contributed by atoms with Gasteiger partial charge in [-0.2, -0.15) is 5.10 Å². The highest BCUT2D eigenvalue weighted by molar-refractivity contribution is 5.69. The summed E-state index contributed by atoms with van der Waals surface area (Å²) in [6.07, 6.45) is 13.7. The zero-order chi connectivity index (χ0) is 23.0. The molecular formula is C26H33N5O2. The lowest BCUT2D eigenvalue weighted by molar-refractivity contribution is -0.119. The van der Waals surface area contributed by atoms with Gasteiger partial charge in [0.25, 0.3) is 0 Å². The van der Waals surface area contributed by atoms with Gasteiger partial charge in [0.2, 0.25) is 0 Å². The van der Waals surface area contributed by atoms with Crippen molar-refractivity contribution in [3.63, 3.8) is 0 Å². The Labute approximate surface area is 195 Å². The lowest BCUT2D eigenvalue weighted by Gasteiger charge is -2.40. The van der Waals surface area contributed by atoms with E-state index in [1.165, 1.54) is 6.42 Å². The van der Waals surface area contributed by atoms with Crippen LogP contribution >= 0.6 is 0 Å². The van der Waals surface area contributed by atoms with Crippen LogP contribution in [0.15, 0.2) is 30.7 Å². The zero-order valence-corrected chi connectivity index (χ0v) is 20.0. The second-order valence-electron chi connectivity index (χ2n) is 9.80. The second kappa shape index (κ2) is 8.78. The van der Waals surface area contributed by atoms with E-state index in [1.54, 1.807) is 13.4 Å². The van der Waals surface area contributed by atoms with E-state index in [2.05, 4.69) is 29.6 Å². The van der Waals surface area contributed by atoms with Crippen LogP contribution in [0, 0.1) is 6.92 Å². The minimum Gasteiger partial charge on any atom is -0.495 e. The molecule has 2 aliphatic heterocycles. The smallest absolute Gasteiger partial charge is 0.174 e. The van der Waals surface area contributed by atoms with Crippen molar-refractivity contribution < 1.29 is 9.47 Å². The Hall–Kier alpha value is -2.93. The molecule has 7 heteroatoms. The molecule has 2 atom stereocenters. The van der Waals surface area contributed by atoms with E-state index in [0.717, 1.165) is 66.6 Å². The Balaban J connectivity index is 1.36. The molecule has 0 spiro atoms. The number of aryl methyl sites for hydroxylation is 2. The molecule has 2 aromatic heterocycles. The number of imidazole rings is 1. The number of rotatable bonds is 5. The lowest BCUT2D eigenvalue weighted by Crippen LogP contribution is -2.40. The normalized spacial score (nSPS) is 22.4. The molecule has 33 heavy (non-hydrogen) atoms. The van der Waals surface area contributed by atoms with Crippen LogP contribution in [0.3, 0.4) is 0 Å². The van der Waals surface area contributed by atoms with Gasteiger partial charge in [-0.25, -0.2) is 14.6 Å². The quantitative estimate of drug-likeness (QED) is 0.539. The molecule has 0 bridgehead atoms. The maximum absolute atomic E-state index is 6.46. The van der Waals surface area contributed by atoms with Gasteiger partial charge in [0, 0.05) is 18.7 Å². The maximum Gasteiger partial charge on any atom is 0.174 e. The molecule has 1 aromatic carbocycles. The molecule has 0 unspecified atom stereocenters. The molecule has 7 nitrogen and oxygen atoms in total. The first-order chi connectivity index (χ1) is 15.9. The third-order valence-corrected chi connectivity index (χ3v) is 6.74. The minimum absolute atomic E-state index is 0.0470. The third-order valence-electron chi connectivity index (χ3n) is 6.74. The van der Waals surface area contributed by atoms with Crippen molar-refractivity contribution in [2.75, 3.05) is 7.11 Å². The fraction of sp³-hybridized carbons (Fsp3) is 0.500. The number of aromatic nitrogens is 5. The molecule has 1 fully saturated rings. The van der Waals surface area contributed by atoms with Gasteiger partial charge in [-0.3, -0.25) is 0 Å². The summed E-state index contributed by atoms with van der Waals surface area (Å²) in [7, 11) is 1.69. The summed E-state index contributed by atoms with van der Waals surface area (Å²) in [5.74, 6) is 2.95. The van der Waals surface area contributed by atoms with Gasteiger partial charge in [0.1, 0.15) is 11.6 Å². The van der Waals surface area contributed by atoms with Crippen LogP contribution in [0.4, 0.5) is 0 Å². The van der Waals surface area contributed by atoms with Crippen LogP contribution in [0.5, 0.6) is 5.75 Å². The Kier molecular flexibility index (Phi) is 5.83. The van der Waals surface area contributed by atoms with E-state index < -0.39 is 0 Å². The maximum atomic E-state index is 6.46. The van der Waals surface area contributed by atoms with E-state index in [-0.39, 0.29) is 11.7 Å². The van der Waals surface area contributed by atoms with Crippen molar-refractivity contribution in [3.05, 3.63) is 53.6 Å². The van der Waals surface area contributed by atoms with Gasteiger partial charge in [0.15, 0.2) is 5.82 Å². The van der Waals surface area contributed by atoms with Gasteiger partial charge in [-0.15, -0.1) is 0 Å². The van der Waals surface area contributed by atoms with Gasteiger partial charge in [-0.05, 0) is 76.6 Å². The van der Waals surface area contributed by atoms with Gasteiger partial charge >= 0.3 is 0 Å². The average Bonchev–Trinajstić information content (AvgIpc) is 3.42. The van der Waals surface area contributed by atoms with Crippen molar-refractivity contribution in [3.8, 4) is 11.4 Å². The molecule has 0 aliphatic carbocycles. The zero-order valence-electron chi connectivity index (χ0n) is 20.0. The monoisotopic (exact) mass is 447 g/mol. The summed E-state index contributed by atoms with van der Waals surface area (Å²) in [6, 6.07) is 6.14. The first-order valence-corrected chi connectivity index (χ1v) is 11.9. The van der Waals surface area contributed by atoms with E-state index in [4.69, 9.17) is 19.6 Å². The molecule has 2 aliphatic rings. The highest BCUT2D eigenvalue weighted by Gasteiger charge is 2.37. The number of fused-ring (bicyclic) bond motifs is 1. The van der Waals surface area contributed by atoms with Crippen molar-refractivity contribution in [1.82, 2.24) is 24.3 Å². The number of hydrogen-bond donors (Lipinski definition) is 0. The second-order valence-corrected chi connectivity index (χ2v) is 9.80. The van der Waals surface area contributed by atoms with Crippen LogP contribution in [-0.4, -0.2) is 43.1 Å². The van der Waals surface area contributed by atoms with E-state index in [1.807, 2.05) is 42.0 Å². The summed E-state index contributed by atoms with van der Waals surface area (Å²) < 4.78 is 16.2. The topological polar surface area (TPSA) is 67.0 Å². The highest BCUT2D eigenvalue weighted by Crippen LogP contribution is 2.39. The van der Waals surface area contributed by atoms with E-state index in [9.17, 15) is 0 Å². The van der Waals surface area contributed by atoms with E-state index in [0.29, 0.717) is 5.92 Å². The SMILES string of the molecule is COc1cc(/C=C/c2nc3n(n2)CCC[C@H]3[C@H]2CCCC(C)(C)O2)ccc1-n1cnc(C)c1. The highest BCUT2D eigenvalue weighted by atomic mass is 16.5. The van der Waals surface area contributed by atoms with Crippen molar-refractivity contribution >= 4 is 12.2 Å². The summed E-state index contributed by atoms with van der Waals surface area (Å²) in [5, 5.41) is 4.78. The molecule has 4 heterocycles. The number of methoxy groups -OCH3 is 1. The van der Waals surface area contributed by atoms with Gasteiger partial charge in [-0.1, -0.05) is 12.1 Å². The number of ether oxygens (including phenoxy) is 2. The van der Waals surface area contributed by atoms with Crippen LogP contribution in [0.2, 0.25) is 0 Å². The first-order valence-electron chi connectivity index (χ1n) is 11.9. The van der Waals surface area contributed by atoms with Crippen LogP contribution < -0.4 is 4.74 Å². The average molecular weight is 448 g/mol. The molecule has 0 saturated carbocycles. The fourth-order valence-corrected chi connectivity index (χ4v) is 5.10. The Morgan fingerprint density at radius 2 is 2.06 bits per heavy atom. The Morgan fingerprint density at radius 3 is 2.82 bits per heavy atom. The standard InChI is InChI=1S/C26H33N5O2/c1-18-16-30(17-27-18)21-11-9-19(15-23(21)32-4)10-12-24-28-25-20(7-6-14-31(25)29-24)22-8-5-13-26(2,3)33-22/h9-12,15-17,20,22H,5-8,13-14H2,1-4H3/b12-10+/t20-,22+/m0/s1. The van der Waals surface area contributed by atoms with Gasteiger partial charge < -0.3 is 14.0 Å². The molecule has 1 saturated heterocycles. The third kappa shape index (κ3) is 4.60. The number of hydrogen-bond acceptors (Lipinski definition) is 5. The van der Waals surface area contributed by atoms with Crippen LogP contribution in [-0.2, 0) is 11.3 Å². The Bertz CT molecular complexity index is 1160. The van der Waals surface area contributed by atoms with Gasteiger partial charge in [0.05, 0.1) is 36.5 Å². The molecule has 3 aromatic rings. The summed E-state index contributed by atoms with van der Waals surface area (Å²) >= 11 is 0. The van der Waals surface area contributed by atoms with E-state index >= 15 is 0 Å². The summed E-state index contributed by atoms with van der Waals surface area (Å²) in [4.78, 5) is 9.23. The largest absolute Gasteiger partial charge is 0.495 e. The fourth-order valence-electron chi connectivity index (χ4n) is 5.10.